The molecule has 1 rings (SSSR count). The molecule has 0 aromatic carbocycles. The molecule has 3 nitrogen and oxygen atoms in total. The molecular weight excluding hydrogens is 144 g/mol. The third-order valence-electron chi connectivity index (χ3n) is 1.90. The Bertz CT molecular complexity index is 192. The van der Waals surface area contributed by atoms with E-state index in [0.717, 1.165) is 13.0 Å². The van der Waals surface area contributed by atoms with Gasteiger partial charge in [0.2, 0.25) is 0 Å². The van der Waals surface area contributed by atoms with Crippen LogP contribution in [0.3, 0.4) is 0 Å². The average Bonchev–Trinajstić information content (AvgIpc) is 2.64. The molecule has 62 valence electrons. The molecule has 1 saturated heterocycles. The van der Waals surface area contributed by atoms with Crippen LogP contribution in [0.25, 0.3) is 0 Å². The first kappa shape index (κ1) is 8.27. The molecule has 1 atom stereocenters. The van der Waals surface area contributed by atoms with Gasteiger partial charge in [0.1, 0.15) is 0 Å². The Balaban J connectivity index is 2.22. The number of rotatable bonds is 4. The zero-order chi connectivity index (χ0) is 8.48. The summed E-state index contributed by atoms with van der Waals surface area (Å²) < 4.78 is 5.09. The van der Waals surface area contributed by atoms with Crippen molar-refractivity contribution in [3.05, 3.63) is 12.2 Å². The molecule has 0 aromatic heterocycles. The monoisotopic (exact) mass is 156 g/mol. The Kier molecular flexibility index (Phi) is 2.00. The fourth-order valence-corrected chi connectivity index (χ4v) is 0.790. The van der Waals surface area contributed by atoms with E-state index in [2.05, 4.69) is 6.58 Å². The first-order valence-corrected chi connectivity index (χ1v) is 3.58. The molecule has 1 aliphatic heterocycles. The molecule has 3 heteroatoms. The molecule has 0 aromatic rings. The Labute approximate surface area is 65.7 Å². The smallest absolute Gasteiger partial charge is 0.330 e. The first-order valence-electron chi connectivity index (χ1n) is 3.58. The lowest BCUT2D eigenvalue weighted by atomic mass is 10.0. The second-order valence-corrected chi connectivity index (χ2v) is 3.15. The minimum Gasteiger partial charge on any atom is -0.478 e. The van der Waals surface area contributed by atoms with Gasteiger partial charge in [-0.1, -0.05) is 6.58 Å². The minimum absolute atomic E-state index is 0.0572. The lowest BCUT2D eigenvalue weighted by Gasteiger charge is -2.03. The van der Waals surface area contributed by atoms with Crippen LogP contribution in [0.2, 0.25) is 0 Å². The van der Waals surface area contributed by atoms with E-state index in [9.17, 15) is 4.79 Å². The Morgan fingerprint density at radius 1 is 1.82 bits per heavy atom. The number of hydrogen-bond donors (Lipinski definition) is 1. The van der Waals surface area contributed by atoms with Crippen molar-refractivity contribution in [1.82, 2.24) is 0 Å². The van der Waals surface area contributed by atoms with E-state index >= 15 is 0 Å². The maximum Gasteiger partial charge on any atom is 0.330 e. The van der Waals surface area contributed by atoms with Crippen LogP contribution < -0.4 is 0 Å². The Morgan fingerprint density at radius 3 is 2.73 bits per heavy atom. The van der Waals surface area contributed by atoms with Gasteiger partial charge >= 0.3 is 5.97 Å². The van der Waals surface area contributed by atoms with Gasteiger partial charge in [0.15, 0.2) is 0 Å². The number of ether oxygens (including phenoxy) is 1. The van der Waals surface area contributed by atoms with Crippen molar-refractivity contribution in [1.29, 1.82) is 0 Å². The standard InChI is InChI=1S/C8H12O3/c1-6(7(9)10)3-4-8(2)5-11-8/h1,3-5H2,2H3,(H,9,10). The van der Waals surface area contributed by atoms with Crippen molar-refractivity contribution < 1.29 is 14.6 Å². The SMILES string of the molecule is C=C(CCC1(C)CO1)C(=O)O. The van der Waals surface area contributed by atoms with E-state index < -0.39 is 5.97 Å². The molecule has 0 radical (unpaired) electrons. The topological polar surface area (TPSA) is 49.8 Å². The van der Waals surface area contributed by atoms with Crippen LogP contribution in [0.4, 0.5) is 0 Å². The van der Waals surface area contributed by atoms with Crippen molar-refractivity contribution in [3.8, 4) is 0 Å². The Hall–Kier alpha value is -0.830. The summed E-state index contributed by atoms with van der Waals surface area (Å²) in [5, 5.41) is 8.46. The number of carboxylic acids is 1. The van der Waals surface area contributed by atoms with Crippen LogP contribution in [-0.2, 0) is 9.53 Å². The van der Waals surface area contributed by atoms with Crippen molar-refractivity contribution in [3.63, 3.8) is 0 Å². The third kappa shape index (κ3) is 2.35. The second-order valence-electron chi connectivity index (χ2n) is 3.15. The van der Waals surface area contributed by atoms with Crippen LogP contribution in [0.1, 0.15) is 19.8 Å². The highest BCUT2D eigenvalue weighted by Crippen LogP contribution is 2.32. The van der Waals surface area contributed by atoms with Gasteiger partial charge < -0.3 is 9.84 Å². The summed E-state index contributed by atoms with van der Waals surface area (Å²) in [6, 6.07) is 0. The zero-order valence-electron chi connectivity index (χ0n) is 6.59. The Morgan fingerprint density at radius 2 is 2.36 bits per heavy atom. The molecule has 1 N–H and O–H groups in total. The van der Waals surface area contributed by atoms with E-state index in [0.29, 0.717) is 6.42 Å². The molecule has 1 aliphatic rings. The predicted molar refractivity (Wildman–Crippen MR) is 40.4 cm³/mol. The average molecular weight is 156 g/mol. The van der Waals surface area contributed by atoms with E-state index in [1.54, 1.807) is 0 Å². The summed E-state index contributed by atoms with van der Waals surface area (Å²) >= 11 is 0. The first-order chi connectivity index (χ1) is 5.03. The van der Waals surface area contributed by atoms with E-state index in [1.807, 2.05) is 6.92 Å². The molecule has 11 heavy (non-hydrogen) atoms. The third-order valence-corrected chi connectivity index (χ3v) is 1.90. The summed E-state index contributed by atoms with van der Waals surface area (Å²) in [7, 11) is 0. The largest absolute Gasteiger partial charge is 0.478 e. The summed E-state index contributed by atoms with van der Waals surface area (Å²) in [5.41, 5.74) is 0.208. The summed E-state index contributed by atoms with van der Waals surface area (Å²) in [6.07, 6.45) is 1.28. The molecule has 1 unspecified atom stereocenters. The van der Waals surface area contributed by atoms with Gasteiger partial charge in [-0.3, -0.25) is 0 Å². The van der Waals surface area contributed by atoms with E-state index in [1.165, 1.54) is 0 Å². The zero-order valence-corrected chi connectivity index (χ0v) is 6.59. The van der Waals surface area contributed by atoms with Gasteiger partial charge in [-0.25, -0.2) is 4.79 Å². The van der Waals surface area contributed by atoms with E-state index in [4.69, 9.17) is 9.84 Å². The normalized spacial score (nSPS) is 28.1. The van der Waals surface area contributed by atoms with Crippen LogP contribution in [0.15, 0.2) is 12.2 Å². The molecule has 0 aliphatic carbocycles. The van der Waals surface area contributed by atoms with Gasteiger partial charge in [0, 0.05) is 5.57 Å². The fourth-order valence-electron chi connectivity index (χ4n) is 0.790. The molecule has 0 bridgehead atoms. The van der Waals surface area contributed by atoms with Crippen molar-refractivity contribution in [2.24, 2.45) is 0 Å². The van der Waals surface area contributed by atoms with Gasteiger partial charge in [-0.15, -0.1) is 0 Å². The predicted octanol–water partition coefficient (Wildman–Crippen LogP) is 1.20. The second kappa shape index (κ2) is 2.66. The number of hydrogen-bond acceptors (Lipinski definition) is 2. The fraction of sp³-hybridized carbons (Fsp3) is 0.625. The molecule has 0 spiro atoms. The number of epoxide rings is 1. The van der Waals surface area contributed by atoms with E-state index in [-0.39, 0.29) is 11.2 Å². The van der Waals surface area contributed by atoms with Gasteiger partial charge in [-0.05, 0) is 19.8 Å². The number of aliphatic carboxylic acids is 1. The highest BCUT2D eigenvalue weighted by atomic mass is 16.6. The summed E-state index contributed by atoms with van der Waals surface area (Å²) in [4.78, 5) is 10.3. The molecular formula is C8H12O3. The maximum atomic E-state index is 10.3. The summed E-state index contributed by atoms with van der Waals surface area (Å²) in [5.74, 6) is -0.908. The number of carboxylic acid groups (broad SMARTS) is 1. The highest BCUT2D eigenvalue weighted by Gasteiger charge is 2.38. The summed E-state index contributed by atoms with van der Waals surface area (Å²) in [6.45, 7) is 6.15. The molecule has 1 fully saturated rings. The quantitative estimate of drug-likeness (QED) is 0.491. The van der Waals surface area contributed by atoms with Crippen LogP contribution in [0.5, 0.6) is 0 Å². The van der Waals surface area contributed by atoms with Crippen molar-refractivity contribution in [2.45, 2.75) is 25.4 Å². The van der Waals surface area contributed by atoms with Gasteiger partial charge in [-0.2, -0.15) is 0 Å². The lowest BCUT2D eigenvalue weighted by molar-refractivity contribution is -0.132. The maximum absolute atomic E-state index is 10.3. The molecule has 0 saturated carbocycles. The van der Waals surface area contributed by atoms with Crippen molar-refractivity contribution >= 4 is 5.97 Å². The minimum atomic E-state index is -0.908. The number of carbonyl (C=O) groups is 1. The van der Waals surface area contributed by atoms with Crippen molar-refractivity contribution in [2.75, 3.05) is 6.61 Å². The van der Waals surface area contributed by atoms with Crippen LogP contribution in [-0.4, -0.2) is 23.3 Å². The van der Waals surface area contributed by atoms with Crippen LogP contribution in [0, 0.1) is 0 Å². The van der Waals surface area contributed by atoms with Crippen LogP contribution >= 0.6 is 0 Å². The molecule has 1 heterocycles. The van der Waals surface area contributed by atoms with Gasteiger partial charge in [0.25, 0.3) is 0 Å². The van der Waals surface area contributed by atoms with Gasteiger partial charge in [0.05, 0.1) is 12.2 Å². The lowest BCUT2D eigenvalue weighted by Crippen LogP contribution is -2.07. The highest BCUT2D eigenvalue weighted by molar-refractivity contribution is 5.85. The molecule has 0 amide bonds.